The lowest BCUT2D eigenvalue weighted by Crippen LogP contribution is -2.53. The number of nitrogens with zero attached hydrogens (tertiary/aromatic N) is 6. The third kappa shape index (κ3) is 5.76. The molecule has 4 heterocycles. The second-order valence-electron chi connectivity index (χ2n) is 9.29. The van der Waals surface area contributed by atoms with Crippen LogP contribution in [-0.4, -0.2) is 71.4 Å². The van der Waals surface area contributed by atoms with Crippen LogP contribution in [0.15, 0.2) is 42.7 Å². The van der Waals surface area contributed by atoms with Crippen molar-refractivity contribution in [3.05, 3.63) is 48.3 Å². The Kier molecular flexibility index (Phi) is 6.78. The van der Waals surface area contributed by atoms with Gasteiger partial charge in [0.1, 0.15) is 11.8 Å². The first-order chi connectivity index (χ1) is 17.4. The molecule has 0 amide bonds. The summed E-state index contributed by atoms with van der Waals surface area (Å²) in [5.74, 6) is 1.02. The summed E-state index contributed by atoms with van der Waals surface area (Å²) in [5, 5.41) is 12.4. The zero-order valence-electron chi connectivity index (χ0n) is 19.6. The number of alkyl halides is 3. The van der Waals surface area contributed by atoms with E-state index in [9.17, 15) is 13.2 Å². The third-order valence-electron chi connectivity index (χ3n) is 6.60. The molecular weight excluding hydrogens is 471 g/mol. The van der Waals surface area contributed by atoms with Crippen LogP contribution in [0.4, 0.5) is 24.7 Å². The molecule has 0 atom stereocenters. The van der Waals surface area contributed by atoms with Crippen LogP contribution in [0.5, 0.6) is 5.88 Å². The van der Waals surface area contributed by atoms with Gasteiger partial charge in [-0.15, -0.1) is 0 Å². The van der Waals surface area contributed by atoms with Crippen LogP contribution in [-0.2, 0) is 0 Å². The molecule has 3 aromatic rings. The van der Waals surface area contributed by atoms with Crippen molar-refractivity contribution < 1.29 is 17.9 Å². The van der Waals surface area contributed by atoms with Gasteiger partial charge in [-0.1, -0.05) is 0 Å². The van der Waals surface area contributed by atoms with E-state index in [1.165, 1.54) is 12.4 Å². The summed E-state index contributed by atoms with van der Waals surface area (Å²) in [7, 11) is 0. The molecule has 36 heavy (non-hydrogen) atoms. The minimum Gasteiger partial charge on any atom is -0.468 e. The smallest absolute Gasteiger partial charge is 0.422 e. The van der Waals surface area contributed by atoms with Gasteiger partial charge < -0.3 is 19.9 Å². The van der Waals surface area contributed by atoms with Gasteiger partial charge in [0.25, 0.3) is 0 Å². The maximum absolute atomic E-state index is 12.5. The molecule has 1 aromatic carbocycles. The number of ether oxygens (including phenoxy) is 1. The van der Waals surface area contributed by atoms with Crippen molar-refractivity contribution in [2.75, 3.05) is 49.5 Å². The highest BCUT2D eigenvalue weighted by atomic mass is 19.4. The molecule has 0 spiro atoms. The van der Waals surface area contributed by atoms with E-state index in [0.717, 1.165) is 51.3 Å². The Balaban J connectivity index is 1.11. The van der Waals surface area contributed by atoms with Gasteiger partial charge in [0.05, 0.1) is 17.1 Å². The number of hydrogen-bond acceptors (Lipinski definition) is 8. The van der Waals surface area contributed by atoms with Crippen molar-refractivity contribution in [3.8, 4) is 11.9 Å². The summed E-state index contributed by atoms with van der Waals surface area (Å²) in [5.41, 5.74) is 2.78. The van der Waals surface area contributed by atoms with E-state index >= 15 is 0 Å². The highest BCUT2D eigenvalue weighted by Gasteiger charge is 2.31. The molecule has 2 aliphatic rings. The van der Waals surface area contributed by atoms with Crippen LogP contribution in [0.3, 0.4) is 0 Å². The number of piperidine rings is 1. The fraction of sp³-hybridized carbons (Fsp3) is 0.440. The molecule has 0 bridgehead atoms. The molecule has 5 rings (SSSR count). The van der Waals surface area contributed by atoms with Gasteiger partial charge in [-0.25, -0.2) is 15.0 Å². The van der Waals surface area contributed by atoms with Gasteiger partial charge in [0.2, 0.25) is 5.88 Å². The number of likely N-dealkylation sites (tertiary alicyclic amines) is 1. The monoisotopic (exact) mass is 497 g/mol. The minimum absolute atomic E-state index is 0.108. The second-order valence-corrected chi connectivity index (χ2v) is 9.29. The number of rotatable bonds is 7. The summed E-state index contributed by atoms with van der Waals surface area (Å²) in [4.78, 5) is 17.5. The molecular formula is C25H26F3N7O. The van der Waals surface area contributed by atoms with Gasteiger partial charge in [-0.2, -0.15) is 18.4 Å². The van der Waals surface area contributed by atoms with E-state index < -0.39 is 12.8 Å². The van der Waals surface area contributed by atoms with Gasteiger partial charge in [0, 0.05) is 56.4 Å². The zero-order valence-corrected chi connectivity index (χ0v) is 19.6. The lowest BCUT2D eigenvalue weighted by Gasteiger charge is -2.44. The SMILES string of the molecule is N#Cc1ccc(N2CC(CN3CCC(Nc4ncnc5ccc(OCC(F)(F)F)nc45)CC3)C2)cc1. The van der Waals surface area contributed by atoms with Gasteiger partial charge in [-0.05, 0) is 43.2 Å². The van der Waals surface area contributed by atoms with Crippen molar-refractivity contribution in [1.82, 2.24) is 19.9 Å². The first kappa shape index (κ1) is 24.1. The minimum atomic E-state index is -4.43. The number of pyridine rings is 1. The van der Waals surface area contributed by atoms with E-state index in [0.29, 0.717) is 28.3 Å². The topological polar surface area (TPSA) is 90.2 Å². The normalized spacial score (nSPS) is 17.6. The second kappa shape index (κ2) is 10.1. The average Bonchev–Trinajstić information content (AvgIpc) is 2.85. The molecule has 2 aliphatic heterocycles. The highest BCUT2D eigenvalue weighted by Crippen LogP contribution is 2.28. The lowest BCUT2D eigenvalue weighted by atomic mass is 9.96. The van der Waals surface area contributed by atoms with Crippen molar-refractivity contribution in [2.45, 2.75) is 25.1 Å². The maximum atomic E-state index is 12.5. The van der Waals surface area contributed by atoms with Crippen molar-refractivity contribution in [3.63, 3.8) is 0 Å². The van der Waals surface area contributed by atoms with Gasteiger partial charge in [-0.3, -0.25) is 0 Å². The number of fused-ring (bicyclic) bond motifs is 1. The van der Waals surface area contributed by atoms with Crippen molar-refractivity contribution >= 4 is 22.5 Å². The molecule has 2 fully saturated rings. The summed E-state index contributed by atoms with van der Waals surface area (Å²) in [6.07, 6.45) is -1.14. The third-order valence-corrected chi connectivity index (χ3v) is 6.60. The van der Waals surface area contributed by atoms with Crippen LogP contribution in [0.25, 0.3) is 11.0 Å². The highest BCUT2D eigenvalue weighted by molar-refractivity contribution is 5.85. The van der Waals surface area contributed by atoms with Crippen LogP contribution in [0.2, 0.25) is 0 Å². The van der Waals surface area contributed by atoms with E-state index in [-0.39, 0.29) is 11.9 Å². The Morgan fingerprint density at radius 2 is 1.81 bits per heavy atom. The predicted molar refractivity (Wildman–Crippen MR) is 129 cm³/mol. The fourth-order valence-corrected chi connectivity index (χ4v) is 4.73. The van der Waals surface area contributed by atoms with Crippen LogP contribution >= 0.6 is 0 Å². The molecule has 1 N–H and O–H groups in total. The first-order valence-corrected chi connectivity index (χ1v) is 11.9. The van der Waals surface area contributed by atoms with Gasteiger partial charge >= 0.3 is 6.18 Å². The van der Waals surface area contributed by atoms with E-state index in [1.54, 1.807) is 6.07 Å². The number of nitriles is 1. The molecule has 8 nitrogen and oxygen atoms in total. The Morgan fingerprint density at radius 3 is 2.50 bits per heavy atom. The Bertz CT molecular complexity index is 1230. The van der Waals surface area contributed by atoms with E-state index in [4.69, 9.17) is 10.00 Å². The molecule has 0 saturated carbocycles. The number of hydrogen-bond donors (Lipinski definition) is 1. The largest absolute Gasteiger partial charge is 0.468 e. The van der Waals surface area contributed by atoms with Crippen molar-refractivity contribution in [2.24, 2.45) is 5.92 Å². The molecule has 2 aromatic heterocycles. The number of anilines is 2. The molecule has 0 aliphatic carbocycles. The van der Waals surface area contributed by atoms with Crippen LogP contribution in [0, 0.1) is 17.2 Å². The Hall–Kier alpha value is -3.65. The van der Waals surface area contributed by atoms with Gasteiger partial charge in [0.15, 0.2) is 12.4 Å². The summed E-state index contributed by atoms with van der Waals surface area (Å²) >= 11 is 0. The predicted octanol–water partition coefficient (Wildman–Crippen LogP) is 3.85. The molecule has 0 unspecified atom stereocenters. The summed E-state index contributed by atoms with van der Waals surface area (Å²) in [6.45, 7) is 3.61. The van der Waals surface area contributed by atoms with Crippen LogP contribution in [0.1, 0.15) is 18.4 Å². The van der Waals surface area contributed by atoms with Crippen LogP contribution < -0.4 is 15.0 Å². The van der Waals surface area contributed by atoms with Crippen molar-refractivity contribution in [1.29, 1.82) is 5.26 Å². The lowest BCUT2D eigenvalue weighted by molar-refractivity contribution is -0.154. The standard InChI is InChI=1S/C25H26F3N7O/c26-25(27,28)15-36-22-6-5-21-23(33-22)24(31-16-30-21)32-19-7-9-34(10-8-19)12-18-13-35(14-18)20-3-1-17(11-29)2-4-20/h1-6,16,18-19H,7-10,12-15H2,(H,30,31,32). The van der Waals surface area contributed by atoms with E-state index in [2.05, 4.69) is 36.1 Å². The fourth-order valence-electron chi connectivity index (χ4n) is 4.73. The number of benzene rings is 1. The summed E-state index contributed by atoms with van der Waals surface area (Å²) < 4.78 is 42.3. The molecule has 0 radical (unpaired) electrons. The molecule has 11 heteroatoms. The molecule has 188 valence electrons. The Labute approximate surface area is 206 Å². The first-order valence-electron chi connectivity index (χ1n) is 11.9. The maximum Gasteiger partial charge on any atom is 0.422 e. The molecule has 2 saturated heterocycles. The quantitative estimate of drug-likeness (QED) is 0.527. The zero-order chi connectivity index (χ0) is 25.1. The van der Waals surface area contributed by atoms with E-state index in [1.807, 2.05) is 24.3 Å². The number of halogens is 3. The Morgan fingerprint density at radius 1 is 1.06 bits per heavy atom. The average molecular weight is 498 g/mol. The number of aromatic nitrogens is 3. The summed E-state index contributed by atoms with van der Waals surface area (Å²) in [6, 6.07) is 13.0. The number of nitrogens with one attached hydrogen (secondary N) is 1.